The first-order valence-electron chi connectivity index (χ1n) is 11.1. The van der Waals surface area contributed by atoms with Gasteiger partial charge in [-0.05, 0) is 47.7 Å². The molecule has 0 bridgehead atoms. The molecule has 2 aromatic carbocycles. The van der Waals surface area contributed by atoms with Gasteiger partial charge in [-0.25, -0.2) is 9.59 Å². The zero-order valence-corrected chi connectivity index (χ0v) is 18.9. The van der Waals surface area contributed by atoms with Crippen molar-refractivity contribution in [1.82, 2.24) is 10.5 Å². The molecule has 0 saturated heterocycles. The second-order valence-corrected chi connectivity index (χ2v) is 8.38. The number of benzene rings is 2. The molecule has 4 rings (SSSR count). The van der Waals surface area contributed by atoms with E-state index in [1.165, 1.54) is 24.3 Å². The molecule has 1 saturated carbocycles. The monoisotopic (exact) mass is 481 g/mol. The number of rotatable bonds is 9. The maximum Gasteiger partial charge on any atom is 0.414 e. The number of halogens is 1. The Morgan fingerprint density at radius 1 is 1.14 bits per heavy atom. The van der Waals surface area contributed by atoms with E-state index in [-0.39, 0.29) is 17.0 Å². The van der Waals surface area contributed by atoms with Crippen LogP contribution in [0.4, 0.5) is 15.1 Å². The van der Waals surface area contributed by atoms with Gasteiger partial charge in [-0.2, -0.15) is 4.39 Å². The number of hydrogen-bond acceptors (Lipinski definition) is 6. The lowest BCUT2D eigenvalue weighted by Gasteiger charge is -2.14. The van der Waals surface area contributed by atoms with E-state index in [2.05, 4.69) is 15.8 Å². The summed E-state index contributed by atoms with van der Waals surface area (Å²) in [7, 11) is 0. The molecular formula is C25H24FN3O6. The second kappa shape index (κ2) is 10.4. The van der Waals surface area contributed by atoms with Crippen LogP contribution in [0.3, 0.4) is 0 Å². The smallest absolute Gasteiger partial charge is 0.414 e. The highest BCUT2D eigenvalue weighted by molar-refractivity contribution is 5.97. The van der Waals surface area contributed by atoms with E-state index in [9.17, 15) is 23.9 Å². The zero-order valence-electron chi connectivity index (χ0n) is 18.9. The maximum atomic E-state index is 14.4. The molecule has 9 nitrogen and oxygen atoms in total. The number of aliphatic carboxylic acids is 1. The fraction of sp³-hybridized carbons (Fsp3) is 0.280. The summed E-state index contributed by atoms with van der Waals surface area (Å²) < 4.78 is 24.6. The predicted molar refractivity (Wildman–Crippen MR) is 123 cm³/mol. The third kappa shape index (κ3) is 6.03. The van der Waals surface area contributed by atoms with Crippen molar-refractivity contribution < 1.29 is 33.1 Å². The highest BCUT2D eigenvalue weighted by Gasteiger charge is 2.30. The minimum absolute atomic E-state index is 0.113. The minimum atomic E-state index is -1.09. The average Bonchev–Trinajstić information content (AvgIpc) is 3.60. The first kappa shape index (κ1) is 23.9. The van der Waals surface area contributed by atoms with Crippen LogP contribution >= 0.6 is 0 Å². The molecule has 0 radical (unpaired) electrons. The van der Waals surface area contributed by atoms with E-state index in [4.69, 9.17) is 9.26 Å². The van der Waals surface area contributed by atoms with Gasteiger partial charge in [-0.3, -0.25) is 10.1 Å². The molecule has 3 N–H and O–H groups in total. The van der Waals surface area contributed by atoms with Crippen LogP contribution in [0.1, 0.15) is 48.2 Å². The van der Waals surface area contributed by atoms with Crippen molar-refractivity contribution in [2.45, 2.75) is 38.3 Å². The summed E-state index contributed by atoms with van der Waals surface area (Å²) in [6.45, 7) is 1.69. The van der Waals surface area contributed by atoms with Crippen LogP contribution in [-0.2, 0) is 9.53 Å². The third-order valence-electron chi connectivity index (χ3n) is 5.72. The summed E-state index contributed by atoms with van der Waals surface area (Å²) in [5.41, 5.74) is 1.17. The maximum absolute atomic E-state index is 14.4. The van der Waals surface area contributed by atoms with E-state index in [1.807, 2.05) is 18.2 Å². The van der Waals surface area contributed by atoms with Crippen molar-refractivity contribution >= 4 is 23.9 Å². The van der Waals surface area contributed by atoms with Gasteiger partial charge in [0.2, 0.25) is 5.88 Å². The molecule has 1 heterocycles. The molecule has 1 aliphatic carbocycles. The molecule has 10 heteroatoms. The van der Waals surface area contributed by atoms with Crippen LogP contribution in [0.5, 0.6) is 0 Å². The number of ether oxygens (including phenoxy) is 1. The Bertz CT molecular complexity index is 1210. The Balaban J connectivity index is 1.43. The lowest BCUT2D eigenvalue weighted by atomic mass is 10.0. The minimum Gasteiger partial charge on any atom is -0.480 e. The van der Waals surface area contributed by atoms with Gasteiger partial charge in [0.25, 0.3) is 11.9 Å². The second-order valence-electron chi connectivity index (χ2n) is 8.38. The predicted octanol–water partition coefficient (Wildman–Crippen LogP) is 4.77. The van der Waals surface area contributed by atoms with E-state index in [0.29, 0.717) is 17.9 Å². The fourth-order valence-electron chi connectivity index (χ4n) is 3.62. The SMILES string of the molecule is CC(OC(=O)Nc1onc(F)c1-c1ccc(C(=O)NC(CC2CC2)C(=O)O)cc1)c1ccccc1. The van der Waals surface area contributed by atoms with Crippen LogP contribution in [0.2, 0.25) is 0 Å². The Morgan fingerprint density at radius 3 is 2.46 bits per heavy atom. The number of nitrogens with zero attached hydrogens (tertiary/aromatic N) is 1. The largest absolute Gasteiger partial charge is 0.480 e. The summed E-state index contributed by atoms with van der Waals surface area (Å²) in [6.07, 6.45) is 0.908. The zero-order chi connectivity index (χ0) is 24.9. The van der Waals surface area contributed by atoms with E-state index in [1.54, 1.807) is 19.1 Å². The average molecular weight is 481 g/mol. The molecule has 0 aliphatic heterocycles. The Kier molecular flexibility index (Phi) is 7.09. The molecular weight excluding hydrogens is 457 g/mol. The molecule has 2 unspecified atom stereocenters. The van der Waals surface area contributed by atoms with Gasteiger partial charge < -0.3 is 19.7 Å². The number of carbonyl (C=O) groups excluding carboxylic acids is 2. The van der Waals surface area contributed by atoms with Crippen molar-refractivity contribution in [3.8, 4) is 11.1 Å². The number of anilines is 1. The topological polar surface area (TPSA) is 131 Å². The molecule has 2 atom stereocenters. The summed E-state index contributed by atoms with van der Waals surface area (Å²) in [5.74, 6) is -2.52. The number of aromatic nitrogens is 1. The molecule has 3 aromatic rings. The summed E-state index contributed by atoms with van der Waals surface area (Å²) in [5, 5.41) is 17.5. The van der Waals surface area contributed by atoms with E-state index >= 15 is 0 Å². The van der Waals surface area contributed by atoms with Crippen LogP contribution < -0.4 is 10.6 Å². The van der Waals surface area contributed by atoms with Crippen LogP contribution in [0.25, 0.3) is 11.1 Å². The highest BCUT2D eigenvalue weighted by atomic mass is 19.1. The third-order valence-corrected chi connectivity index (χ3v) is 5.72. The number of amides is 2. The van der Waals surface area contributed by atoms with Crippen molar-refractivity contribution in [1.29, 1.82) is 0 Å². The molecule has 1 aliphatic rings. The van der Waals surface area contributed by atoms with Crippen molar-refractivity contribution in [2.24, 2.45) is 5.92 Å². The van der Waals surface area contributed by atoms with Crippen LogP contribution in [0, 0.1) is 11.9 Å². The van der Waals surface area contributed by atoms with E-state index < -0.39 is 36.1 Å². The molecule has 0 spiro atoms. The summed E-state index contributed by atoms with van der Waals surface area (Å²) in [6, 6.07) is 13.9. The van der Waals surface area contributed by atoms with Crippen LogP contribution in [-0.4, -0.2) is 34.3 Å². The van der Waals surface area contributed by atoms with Gasteiger partial charge in [0, 0.05) is 5.56 Å². The van der Waals surface area contributed by atoms with Crippen molar-refractivity contribution in [3.63, 3.8) is 0 Å². The highest BCUT2D eigenvalue weighted by Crippen LogP contribution is 2.34. The fourth-order valence-corrected chi connectivity index (χ4v) is 3.62. The normalized spacial score (nSPS) is 14.6. The number of carboxylic acid groups (broad SMARTS) is 1. The summed E-state index contributed by atoms with van der Waals surface area (Å²) in [4.78, 5) is 36.3. The van der Waals surface area contributed by atoms with Crippen LogP contribution in [0.15, 0.2) is 59.1 Å². The summed E-state index contributed by atoms with van der Waals surface area (Å²) >= 11 is 0. The number of carboxylic acids is 1. The Labute approximate surface area is 200 Å². The molecule has 1 aromatic heterocycles. The van der Waals surface area contributed by atoms with E-state index in [0.717, 1.165) is 18.4 Å². The van der Waals surface area contributed by atoms with Gasteiger partial charge in [0.05, 0.1) is 0 Å². The standard InChI is InChI=1S/C25H24FN3O6/c1-14(16-5-3-2-4-6-16)34-25(33)28-23-20(21(26)29-35-23)17-9-11-18(12-10-17)22(30)27-19(24(31)32)13-15-7-8-15/h2-6,9-12,14-15,19H,7-8,13H2,1H3,(H,27,30)(H,28,33)(H,31,32). The first-order valence-corrected chi connectivity index (χ1v) is 11.1. The molecule has 2 amide bonds. The number of hydrogen-bond donors (Lipinski definition) is 3. The molecule has 35 heavy (non-hydrogen) atoms. The lowest BCUT2D eigenvalue weighted by Crippen LogP contribution is -2.41. The van der Waals surface area contributed by atoms with Gasteiger partial charge in [0.1, 0.15) is 17.7 Å². The van der Waals surface area contributed by atoms with Crippen molar-refractivity contribution in [3.05, 3.63) is 71.7 Å². The van der Waals surface area contributed by atoms with Gasteiger partial charge >= 0.3 is 12.1 Å². The Morgan fingerprint density at radius 2 is 1.83 bits per heavy atom. The van der Waals surface area contributed by atoms with Crippen molar-refractivity contribution in [2.75, 3.05) is 5.32 Å². The van der Waals surface area contributed by atoms with Gasteiger partial charge in [-0.15, -0.1) is 0 Å². The van der Waals surface area contributed by atoms with Gasteiger partial charge in [0.15, 0.2) is 0 Å². The Hall–Kier alpha value is -4.21. The first-order chi connectivity index (χ1) is 16.8. The van der Waals surface area contributed by atoms with Gasteiger partial charge in [-0.1, -0.05) is 55.3 Å². The number of carbonyl (C=O) groups is 3. The lowest BCUT2D eigenvalue weighted by molar-refractivity contribution is -0.139. The number of nitrogens with one attached hydrogen (secondary N) is 2. The quantitative estimate of drug-likeness (QED) is 0.401. The molecule has 182 valence electrons. The molecule has 1 fully saturated rings.